The van der Waals surface area contributed by atoms with Gasteiger partial charge < -0.3 is 10.6 Å². The topological polar surface area (TPSA) is 49.8 Å². The van der Waals surface area contributed by atoms with E-state index in [-0.39, 0.29) is 11.6 Å². The lowest BCUT2D eigenvalue weighted by molar-refractivity contribution is -0.144. The molecule has 0 spiro atoms. The van der Waals surface area contributed by atoms with Crippen LogP contribution in [0.3, 0.4) is 0 Å². The Bertz CT molecular complexity index is 421. The molecule has 0 amide bonds. The molecule has 1 rings (SSSR count). The van der Waals surface area contributed by atoms with E-state index in [2.05, 4.69) is 20.6 Å². The fourth-order valence-electron chi connectivity index (χ4n) is 1.43. The van der Waals surface area contributed by atoms with Crippen LogP contribution in [0.2, 0.25) is 0 Å². The van der Waals surface area contributed by atoms with Crippen LogP contribution in [0.4, 0.5) is 24.8 Å². The van der Waals surface area contributed by atoms with E-state index in [1.807, 2.05) is 20.8 Å². The average Bonchev–Trinajstić information content (AvgIpc) is 2.41. The summed E-state index contributed by atoms with van der Waals surface area (Å²) in [6.07, 6.45) is -2.79. The molecule has 1 atom stereocenters. The zero-order valence-corrected chi connectivity index (χ0v) is 12.0. The van der Waals surface area contributed by atoms with Gasteiger partial charge in [-0.05, 0) is 12.3 Å². The standard InChI is InChI=1S/C13H21F3N4/c1-4-6-17-10-7-11(18-8-9(3)5-2)20-12(19-10)13(14,15)16/h7,9H,4-6,8H2,1-3H3,(H2,17,18,19,20). The number of hydrogen-bond donors (Lipinski definition) is 2. The summed E-state index contributed by atoms with van der Waals surface area (Å²) in [6.45, 7) is 7.13. The van der Waals surface area contributed by atoms with Crippen molar-refractivity contribution in [2.24, 2.45) is 5.92 Å². The monoisotopic (exact) mass is 290 g/mol. The van der Waals surface area contributed by atoms with Gasteiger partial charge in [-0.2, -0.15) is 13.2 Å². The third-order valence-corrected chi connectivity index (χ3v) is 2.86. The first-order valence-electron chi connectivity index (χ1n) is 6.80. The Balaban J connectivity index is 2.91. The van der Waals surface area contributed by atoms with Crippen molar-refractivity contribution in [3.8, 4) is 0 Å². The van der Waals surface area contributed by atoms with E-state index in [9.17, 15) is 13.2 Å². The molecule has 0 aromatic carbocycles. The summed E-state index contributed by atoms with van der Waals surface area (Å²) >= 11 is 0. The van der Waals surface area contributed by atoms with E-state index in [1.54, 1.807) is 0 Å². The number of nitrogens with zero attached hydrogens (tertiary/aromatic N) is 2. The average molecular weight is 290 g/mol. The van der Waals surface area contributed by atoms with Gasteiger partial charge in [0.1, 0.15) is 11.6 Å². The Morgan fingerprint density at radius 2 is 1.75 bits per heavy atom. The second-order valence-electron chi connectivity index (χ2n) is 4.78. The van der Waals surface area contributed by atoms with Crippen molar-refractivity contribution >= 4 is 11.6 Å². The molecule has 4 nitrogen and oxygen atoms in total. The Kier molecular flexibility index (Phi) is 6.04. The van der Waals surface area contributed by atoms with Crippen LogP contribution in [-0.4, -0.2) is 23.1 Å². The largest absolute Gasteiger partial charge is 0.451 e. The van der Waals surface area contributed by atoms with Gasteiger partial charge in [-0.25, -0.2) is 9.97 Å². The zero-order valence-electron chi connectivity index (χ0n) is 12.0. The molecule has 1 unspecified atom stereocenters. The lowest BCUT2D eigenvalue weighted by atomic mass is 10.1. The van der Waals surface area contributed by atoms with Crippen LogP contribution >= 0.6 is 0 Å². The predicted octanol–water partition coefficient (Wildman–Crippen LogP) is 3.78. The van der Waals surface area contributed by atoms with Gasteiger partial charge in [0.05, 0.1) is 0 Å². The number of nitrogens with one attached hydrogen (secondary N) is 2. The zero-order chi connectivity index (χ0) is 15.2. The summed E-state index contributed by atoms with van der Waals surface area (Å²) in [5, 5.41) is 5.79. The van der Waals surface area contributed by atoms with Crippen LogP contribution in [-0.2, 0) is 6.18 Å². The number of anilines is 2. The van der Waals surface area contributed by atoms with Crippen LogP contribution in [0.5, 0.6) is 0 Å². The molecule has 1 aromatic rings. The Morgan fingerprint density at radius 3 is 2.25 bits per heavy atom. The van der Waals surface area contributed by atoms with Gasteiger partial charge in [0, 0.05) is 19.2 Å². The molecule has 20 heavy (non-hydrogen) atoms. The fourth-order valence-corrected chi connectivity index (χ4v) is 1.43. The van der Waals surface area contributed by atoms with Gasteiger partial charge in [0.15, 0.2) is 0 Å². The quantitative estimate of drug-likeness (QED) is 0.802. The first kappa shape index (κ1) is 16.5. The minimum atomic E-state index is -4.54. The Morgan fingerprint density at radius 1 is 1.15 bits per heavy atom. The van der Waals surface area contributed by atoms with Crippen LogP contribution in [0.1, 0.15) is 39.4 Å². The van der Waals surface area contributed by atoms with Crippen molar-refractivity contribution in [2.45, 2.75) is 39.8 Å². The highest BCUT2D eigenvalue weighted by molar-refractivity contribution is 5.47. The fraction of sp³-hybridized carbons (Fsp3) is 0.692. The molecule has 0 aliphatic carbocycles. The Hall–Kier alpha value is -1.53. The van der Waals surface area contributed by atoms with Crippen molar-refractivity contribution < 1.29 is 13.2 Å². The molecule has 7 heteroatoms. The normalized spacial score (nSPS) is 13.1. The first-order valence-corrected chi connectivity index (χ1v) is 6.80. The maximum Gasteiger partial charge on any atom is 0.451 e. The van der Waals surface area contributed by atoms with Crippen LogP contribution in [0.25, 0.3) is 0 Å². The van der Waals surface area contributed by atoms with E-state index in [0.717, 1.165) is 12.8 Å². The summed E-state index contributed by atoms with van der Waals surface area (Å²) in [5.41, 5.74) is 0. The molecular weight excluding hydrogens is 269 g/mol. The van der Waals surface area contributed by atoms with Crippen molar-refractivity contribution in [2.75, 3.05) is 23.7 Å². The minimum Gasteiger partial charge on any atom is -0.370 e. The molecule has 0 radical (unpaired) electrons. The molecule has 0 aliphatic heterocycles. The molecule has 0 saturated carbocycles. The van der Waals surface area contributed by atoms with Gasteiger partial charge >= 0.3 is 6.18 Å². The van der Waals surface area contributed by atoms with Crippen LogP contribution in [0, 0.1) is 5.92 Å². The van der Waals surface area contributed by atoms with E-state index in [4.69, 9.17) is 0 Å². The summed E-state index contributed by atoms with van der Waals surface area (Å²) in [5.74, 6) is -0.358. The Labute approximate surface area is 117 Å². The minimum absolute atomic E-state index is 0.195. The summed E-state index contributed by atoms with van der Waals surface area (Å²) < 4.78 is 38.3. The maximum atomic E-state index is 12.8. The number of rotatable bonds is 7. The predicted molar refractivity (Wildman–Crippen MR) is 73.8 cm³/mol. The van der Waals surface area contributed by atoms with Gasteiger partial charge in [0.2, 0.25) is 5.82 Å². The van der Waals surface area contributed by atoms with E-state index < -0.39 is 12.0 Å². The number of alkyl halides is 3. The third kappa shape index (κ3) is 5.22. The SMILES string of the molecule is CCCNc1cc(NCC(C)CC)nc(C(F)(F)F)n1. The number of halogens is 3. The highest BCUT2D eigenvalue weighted by Crippen LogP contribution is 2.28. The van der Waals surface area contributed by atoms with Crippen molar-refractivity contribution in [3.05, 3.63) is 11.9 Å². The lowest BCUT2D eigenvalue weighted by Crippen LogP contribution is -2.17. The molecule has 0 fully saturated rings. The summed E-state index contributed by atoms with van der Waals surface area (Å²) in [7, 11) is 0. The molecule has 0 bridgehead atoms. The molecule has 2 N–H and O–H groups in total. The van der Waals surface area contributed by atoms with Crippen molar-refractivity contribution in [3.63, 3.8) is 0 Å². The maximum absolute atomic E-state index is 12.8. The van der Waals surface area contributed by atoms with E-state index in [1.165, 1.54) is 6.07 Å². The summed E-state index contributed by atoms with van der Waals surface area (Å²) in [4.78, 5) is 7.03. The second kappa shape index (κ2) is 7.31. The molecule has 114 valence electrons. The third-order valence-electron chi connectivity index (χ3n) is 2.86. The number of hydrogen-bond acceptors (Lipinski definition) is 4. The van der Waals surface area contributed by atoms with Gasteiger partial charge in [-0.15, -0.1) is 0 Å². The second-order valence-corrected chi connectivity index (χ2v) is 4.78. The summed E-state index contributed by atoms with van der Waals surface area (Å²) in [6, 6.07) is 1.51. The van der Waals surface area contributed by atoms with Crippen LogP contribution < -0.4 is 10.6 Å². The highest BCUT2D eigenvalue weighted by Gasteiger charge is 2.35. The van der Waals surface area contributed by atoms with Crippen molar-refractivity contribution in [1.29, 1.82) is 0 Å². The molecular formula is C13H21F3N4. The van der Waals surface area contributed by atoms with Crippen LogP contribution in [0.15, 0.2) is 6.07 Å². The van der Waals surface area contributed by atoms with E-state index >= 15 is 0 Å². The first-order chi connectivity index (χ1) is 9.36. The molecule has 0 saturated heterocycles. The van der Waals surface area contributed by atoms with Gasteiger partial charge in [0.25, 0.3) is 0 Å². The highest BCUT2D eigenvalue weighted by atomic mass is 19.4. The van der Waals surface area contributed by atoms with Gasteiger partial charge in [-0.1, -0.05) is 27.2 Å². The van der Waals surface area contributed by atoms with Crippen molar-refractivity contribution in [1.82, 2.24) is 9.97 Å². The molecule has 1 aromatic heterocycles. The van der Waals surface area contributed by atoms with Gasteiger partial charge in [-0.3, -0.25) is 0 Å². The smallest absolute Gasteiger partial charge is 0.370 e. The number of aromatic nitrogens is 2. The molecule has 1 heterocycles. The lowest BCUT2D eigenvalue weighted by Gasteiger charge is -2.14. The molecule has 0 aliphatic rings. The van der Waals surface area contributed by atoms with E-state index in [0.29, 0.717) is 19.0 Å².